The molecule has 1 aliphatic carbocycles. The number of nitrogens with zero attached hydrogens (tertiary/aromatic N) is 1. The van der Waals surface area contributed by atoms with Crippen molar-refractivity contribution in [1.82, 2.24) is 4.98 Å². The third kappa shape index (κ3) is 1.96. The highest BCUT2D eigenvalue weighted by molar-refractivity contribution is 5.49. The summed E-state index contributed by atoms with van der Waals surface area (Å²) in [6.45, 7) is 1.96. The van der Waals surface area contributed by atoms with Crippen LogP contribution < -0.4 is 5.32 Å². The highest BCUT2D eigenvalue weighted by Crippen LogP contribution is 2.32. The molecule has 1 atom stereocenters. The molecule has 0 bridgehead atoms. The van der Waals surface area contributed by atoms with E-state index in [2.05, 4.69) is 16.4 Å². The Bertz CT molecular complexity index is 580. The van der Waals surface area contributed by atoms with Crippen molar-refractivity contribution < 1.29 is 4.39 Å². The molecule has 0 saturated heterocycles. The van der Waals surface area contributed by atoms with E-state index < -0.39 is 0 Å². The zero-order valence-corrected chi connectivity index (χ0v) is 10.3. The first-order valence-electron chi connectivity index (χ1n) is 6.20. The minimum absolute atomic E-state index is 0.123. The number of benzene rings is 1. The van der Waals surface area contributed by atoms with Crippen molar-refractivity contribution in [2.24, 2.45) is 0 Å². The maximum Gasteiger partial charge on any atom is 0.146 e. The van der Waals surface area contributed by atoms with Crippen molar-refractivity contribution >= 4 is 5.69 Å². The van der Waals surface area contributed by atoms with Gasteiger partial charge in [0.15, 0.2) is 0 Å². The average molecular weight is 242 g/mol. The SMILES string of the molecule is Cc1ccc(F)c(NC2CCc3cccnc32)c1. The van der Waals surface area contributed by atoms with Gasteiger partial charge in [0.25, 0.3) is 0 Å². The first-order chi connectivity index (χ1) is 8.74. The van der Waals surface area contributed by atoms with Gasteiger partial charge in [0.1, 0.15) is 5.82 Å². The number of pyridine rings is 1. The molecule has 0 radical (unpaired) electrons. The van der Waals surface area contributed by atoms with Gasteiger partial charge in [-0.3, -0.25) is 4.98 Å². The van der Waals surface area contributed by atoms with Crippen molar-refractivity contribution in [2.75, 3.05) is 5.32 Å². The Kier molecular flexibility index (Phi) is 2.74. The molecule has 2 aromatic rings. The van der Waals surface area contributed by atoms with Gasteiger partial charge in [-0.15, -0.1) is 0 Å². The van der Waals surface area contributed by atoms with Gasteiger partial charge in [-0.1, -0.05) is 12.1 Å². The van der Waals surface area contributed by atoms with E-state index in [1.807, 2.05) is 19.1 Å². The van der Waals surface area contributed by atoms with E-state index in [-0.39, 0.29) is 11.9 Å². The Morgan fingerprint density at radius 2 is 2.22 bits per heavy atom. The fraction of sp³-hybridized carbons (Fsp3) is 0.267. The van der Waals surface area contributed by atoms with E-state index in [1.54, 1.807) is 12.3 Å². The van der Waals surface area contributed by atoms with E-state index >= 15 is 0 Å². The Morgan fingerprint density at radius 3 is 3.11 bits per heavy atom. The fourth-order valence-electron chi connectivity index (χ4n) is 2.49. The Labute approximate surface area is 106 Å². The van der Waals surface area contributed by atoms with Crippen LogP contribution in [0.5, 0.6) is 0 Å². The number of aryl methyl sites for hydroxylation is 2. The number of nitrogens with one attached hydrogen (secondary N) is 1. The molecule has 1 aliphatic rings. The molecule has 1 aromatic heterocycles. The van der Waals surface area contributed by atoms with Gasteiger partial charge < -0.3 is 5.32 Å². The summed E-state index contributed by atoms with van der Waals surface area (Å²) in [5, 5.41) is 3.27. The molecule has 3 rings (SSSR count). The molecule has 1 N–H and O–H groups in total. The van der Waals surface area contributed by atoms with Crippen LogP contribution in [-0.4, -0.2) is 4.98 Å². The Hall–Kier alpha value is -1.90. The van der Waals surface area contributed by atoms with Crippen LogP contribution in [0.2, 0.25) is 0 Å². The van der Waals surface area contributed by atoms with Crippen LogP contribution in [0.15, 0.2) is 36.5 Å². The lowest BCUT2D eigenvalue weighted by Gasteiger charge is -2.15. The molecule has 0 saturated carbocycles. The number of halogens is 1. The molecule has 92 valence electrons. The van der Waals surface area contributed by atoms with Crippen LogP contribution in [0.25, 0.3) is 0 Å². The van der Waals surface area contributed by atoms with E-state index in [0.29, 0.717) is 5.69 Å². The molecule has 18 heavy (non-hydrogen) atoms. The standard InChI is InChI=1S/C15H15FN2/c1-10-4-6-12(16)14(9-10)18-13-7-5-11-3-2-8-17-15(11)13/h2-4,6,8-9,13,18H,5,7H2,1H3. The molecule has 0 fully saturated rings. The van der Waals surface area contributed by atoms with Crippen LogP contribution in [0.3, 0.4) is 0 Å². The maximum absolute atomic E-state index is 13.7. The van der Waals surface area contributed by atoms with Crippen molar-refractivity contribution in [3.05, 3.63) is 59.2 Å². The number of anilines is 1. The molecule has 1 aromatic carbocycles. The van der Waals surface area contributed by atoms with E-state index in [9.17, 15) is 4.39 Å². The van der Waals surface area contributed by atoms with E-state index in [1.165, 1.54) is 11.6 Å². The van der Waals surface area contributed by atoms with Gasteiger partial charge in [0, 0.05) is 6.20 Å². The van der Waals surface area contributed by atoms with Crippen LogP contribution in [0.4, 0.5) is 10.1 Å². The van der Waals surface area contributed by atoms with E-state index in [0.717, 1.165) is 24.1 Å². The highest BCUT2D eigenvalue weighted by Gasteiger charge is 2.23. The lowest BCUT2D eigenvalue weighted by atomic mass is 10.1. The summed E-state index contributed by atoms with van der Waals surface area (Å²) in [5.74, 6) is -0.204. The maximum atomic E-state index is 13.7. The summed E-state index contributed by atoms with van der Waals surface area (Å²) >= 11 is 0. The number of hydrogen-bond donors (Lipinski definition) is 1. The van der Waals surface area contributed by atoms with Crippen molar-refractivity contribution in [3.63, 3.8) is 0 Å². The number of rotatable bonds is 2. The zero-order chi connectivity index (χ0) is 12.5. The monoisotopic (exact) mass is 242 g/mol. The molecule has 2 nitrogen and oxygen atoms in total. The van der Waals surface area contributed by atoms with Crippen LogP contribution >= 0.6 is 0 Å². The molecule has 3 heteroatoms. The zero-order valence-electron chi connectivity index (χ0n) is 10.3. The molecule has 1 unspecified atom stereocenters. The second-order valence-corrected chi connectivity index (χ2v) is 4.77. The Morgan fingerprint density at radius 1 is 1.33 bits per heavy atom. The fourth-order valence-corrected chi connectivity index (χ4v) is 2.49. The summed E-state index contributed by atoms with van der Waals surface area (Å²) in [7, 11) is 0. The van der Waals surface area contributed by atoms with Gasteiger partial charge in [-0.25, -0.2) is 4.39 Å². The summed E-state index contributed by atoms with van der Waals surface area (Å²) in [5.41, 5.74) is 3.94. The van der Waals surface area contributed by atoms with Gasteiger partial charge >= 0.3 is 0 Å². The summed E-state index contributed by atoms with van der Waals surface area (Å²) < 4.78 is 13.7. The smallest absolute Gasteiger partial charge is 0.146 e. The minimum Gasteiger partial charge on any atom is -0.374 e. The molecule has 1 heterocycles. The van der Waals surface area contributed by atoms with Crippen LogP contribution in [0.1, 0.15) is 29.3 Å². The second kappa shape index (κ2) is 4.41. The third-order valence-corrected chi connectivity index (χ3v) is 3.41. The van der Waals surface area contributed by atoms with Crippen LogP contribution in [0, 0.1) is 12.7 Å². The molecule has 0 amide bonds. The van der Waals surface area contributed by atoms with Gasteiger partial charge in [0.2, 0.25) is 0 Å². The summed E-state index contributed by atoms with van der Waals surface area (Å²) in [6, 6.07) is 9.30. The molecule has 0 spiro atoms. The molecular weight excluding hydrogens is 227 g/mol. The van der Waals surface area contributed by atoms with Crippen molar-refractivity contribution in [2.45, 2.75) is 25.8 Å². The lowest BCUT2D eigenvalue weighted by molar-refractivity contribution is 0.623. The van der Waals surface area contributed by atoms with E-state index in [4.69, 9.17) is 0 Å². The first-order valence-corrected chi connectivity index (χ1v) is 6.20. The highest BCUT2D eigenvalue weighted by atomic mass is 19.1. The lowest BCUT2D eigenvalue weighted by Crippen LogP contribution is -2.09. The minimum atomic E-state index is -0.204. The first kappa shape index (κ1) is 11.2. The van der Waals surface area contributed by atoms with Gasteiger partial charge in [-0.05, 0) is 49.1 Å². The van der Waals surface area contributed by atoms with Crippen LogP contribution in [-0.2, 0) is 6.42 Å². The average Bonchev–Trinajstić information content (AvgIpc) is 2.78. The number of fused-ring (bicyclic) bond motifs is 1. The van der Waals surface area contributed by atoms with Crippen molar-refractivity contribution in [3.8, 4) is 0 Å². The largest absolute Gasteiger partial charge is 0.374 e. The number of aromatic nitrogens is 1. The predicted octanol–water partition coefficient (Wildman–Crippen LogP) is 3.63. The van der Waals surface area contributed by atoms with Gasteiger partial charge in [0.05, 0.1) is 17.4 Å². The van der Waals surface area contributed by atoms with Gasteiger partial charge in [-0.2, -0.15) is 0 Å². The summed E-state index contributed by atoms with van der Waals surface area (Å²) in [6.07, 6.45) is 3.78. The predicted molar refractivity (Wildman–Crippen MR) is 70.1 cm³/mol. The molecular formula is C15H15FN2. The summed E-state index contributed by atoms with van der Waals surface area (Å²) in [4.78, 5) is 4.40. The topological polar surface area (TPSA) is 24.9 Å². The van der Waals surface area contributed by atoms with Crippen molar-refractivity contribution in [1.29, 1.82) is 0 Å². The Balaban J connectivity index is 1.88. The molecule has 0 aliphatic heterocycles. The second-order valence-electron chi connectivity index (χ2n) is 4.77. The quantitative estimate of drug-likeness (QED) is 0.869. The number of hydrogen-bond acceptors (Lipinski definition) is 2. The normalized spacial score (nSPS) is 17.6. The third-order valence-electron chi connectivity index (χ3n) is 3.41.